The van der Waals surface area contributed by atoms with E-state index in [1.54, 1.807) is 23.1 Å². The molecule has 2 saturated heterocycles. The van der Waals surface area contributed by atoms with Crippen molar-refractivity contribution in [3.63, 3.8) is 0 Å². The molecule has 7 heteroatoms. The zero-order chi connectivity index (χ0) is 18.9. The van der Waals surface area contributed by atoms with E-state index in [2.05, 4.69) is 9.88 Å². The van der Waals surface area contributed by atoms with Gasteiger partial charge >= 0.3 is 0 Å². The quantitative estimate of drug-likeness (QED) is 0.830. The molecule has 1 unspecified atom stereocenters. The first-order valence-electron chi connectivity index (χ1n) is 9.06. The van der Waals surface area contributed by atoms with Crippen LogP contribution in [0.3, 0.4) is 0 Å². The molecule has 1 aromatic heterocycles. The Labute approximate surface area is 156 Å². The molecule has 0 N–H and O–H groups in total. The summed E-state index contributed by atoms with van der Waals surface area (Å²) in [6.45, 7) is 2.62. The van der Waals surface area contributed by atoms with Gasteiger partial charge in [0.15, 0.2) is 0 Å². The fourth-order valence-electron chi connectivity index (χ4n) is 3.87. The second kappa shape index (κ2) is 7.32. The van der Waals surface area contributed by atoms with E-state index in [1.807, 2.05) is 0 Å². The van der Waals surface area contributed by atoms with Crippen LogP contribution in [0.2, 0.25) is 0 Å². The van der Waals surface area contributed by atoms with E-state index in [0.717, 1.165) is 25.1 Å². The van der Waals surface area contributed by atoms with E-state index in [4.69, 9.17) is 4.74 Å². The molecule has 2 aliphatic heterocycles. The van der Waals surface area contributed by atoms with Crippen molar-refractivity contribution in [2.75, 3.05) is 31.1 Å². The molecule has 5 nitrogen and oxygen atoms in total. The van der Waals surface area contributed by atoms with Crippen LogP contribution < -0.4 is 4.90 Å². The summed E-state index contributed by atoms with van der Waals surface area (Å²) < 4.78 is 32.3. The Bertz CT molecular complexity index is 813. The van der Waals surface area contributed by atoms with Gasteiger partial charge < -0.3 is 9.64 Å². The van der Waals surface area contributed by atoms with Crippen molar-refractivity contribution in [2.24, 2.45) is 0 Å². The van der Waals surface area contributed by atoms with Gasteiger partial charge in [-0.2, -0.15) is 0 Å². The molecule has 142 valence electrons. The molecule has 2 aromatic rings. The lowest BCUT2D eigenvalue weighted by Crippen LogP contribution is -2.61. The van der Waals surface area contributed by atoms with Crippen LogP contribution >= 0.6 is 0 Å². The minimum Gasteiger partial charge on any atom is -0.362 e. The number of likely N-dealkylation sites (tertiary alicyclic amines) is 1. The molecule has 0 bridgehead atoms. The molecule has 3 heterocycles. The Kier molecular flexibility index (Phi) is 4.88. The van der Waals surface area contributed by atoms with E-state index in [1.165, 1.54) is 24.4 Å². The van der Waals surface area contributed by atoms with Crippen LogP contribution in [0, 0.1) is 11.6 Å². The Balaban J connectivity index is 1.48. The highest BCUT2D eigenvalue weighted by Gasteiger charge is 2.43. The molecule has 27 heavy (non-hydrogen) atoms. The van der Waals surface area contributed by atoms with Gasteiger partial charge in [-0.1, -0.05) is 0 Å². The Morgan fingerprint density at radius 3 is 2.59 bits per heavy atom. The molecule has 0 saturated carbocycles. The first-order chi connectivity index (χ1) is 13.0. The molecule has 1 atom stereocenters. The van der Waals surface area contributed by atoms with E-state index < -0.39 is 5.60 Å². The summed E-state index contributed by atoms with van der Waals surface area (Å²) in [4.78, 5) is 20.4. The summed E-state index contributed by atoms with van der Waals surface area (Å²) in [7, 11) is 0. The smallest absolute Gasteiger partial charge is 0.253 e. The van der Waals surface area contributed by atoms with Crippen molar-refractivity contribution in [3.8, 4) is 0 Å². The Morgan fingerprint density at radius 1 is 1.07 bits per heavy atom. The number of hydrogen-bond donors (Lipinski definition) is 0. The van der Waals surface area contributed by atoms with Crippen molar-refractivity contribution in [1.29, 1.82) is 0 Å². The number of halogens is 2. The molecular weight excluding hydrogens is 352 g/mol. The maximum absolute atomic E-state index is 13.2. The van der Waals surface area contributed by atoms with E-state index in [-0.39, 0.29) is 24.1 Å². The number of aromatic nitrogens is 1. The number of rotatable bonds is 3. The molecule has 1 amide bonds. The van der Waals surface area contributed by atoms with Gasteiger partial charge in [-0.05, 0) is 55.8 Å². The molecule has 4 rings (SSSR count). The maximum atomic E-state index is 13.2. The maximum Gasteiger partial charge on any atom is 0.253 e. The highest BCUT2D eigenvalue weighted by Crippen LogP contribution is 2.32. The number of pyridine rings is 1. The average molecular weight is 373 g/mol. The number of morpholine rings is 1. The first kappa shape index (κ1) is 18.0. The summed E-state index contributed by atoms with van der Waals surface area (Å²) >= 11 is 0. The second-order valence-electron chi connectivity index (χ2n) is 7.21. The van der Waals surface area contributed by atoms with Crippen LogP contribution in [0.4, 0.5) is 14.5 Å². The third-order valence-electron chi connectivity index (χ3n) is 5.18. The third-order valence-corrected chi connectivity index (χ3v) is 5.18. The Hall–Kier alpha value is -2.38. The SMILES string of the molecule is O=C1COC2(CCCN(Cc3ccc(F)cn3)C2)CN1c1ccc(F)cc1. The van der Waals surface area contributed by atoms with Gasteiger partial charge in [0.05, 0.1) is 24.0 Å². The summed E-state index contributed by atoms with van der Waals surface area (Å²) in [6.07, 6.45) is 3.01. The minimum absolute atomic E-state index is 0.0139. The van der Waals surface area contributed by atoms with Crippen LogP contribution in [0.15, 0.2) is 42.6 Å². The molecule has 2 aliphatic rings. The fourth-order valence-corrected chi connectivity index (χ4v) is 3.87. The standard InChI is InChI=1S/C20H21F2N3O2/c21-15-3-6-18(7-4-15)25-14-20(27-12-19(25)26)8-1-9-24(13-20)11-17-5-2-16(22)10-23-17/h2-7,10H,1,8-9,11-14H2. The zero-order valence-corrected chi connectivity index (χ0v) is 14.9. The number of ether oxygens (including phenoxy) is 1. The predicted octanol–water partition coefficient (Wildman–Crippen LogP) is 2.76. The molecule has 0 radical (unpaired) electrons. The molecule has 0 aliphatic carbocycles. The number of piperidine rings is 1. The van der Waals surface area contributed by atoms with Crippen LogP contribution in [-0.4, -0.2) is 47.6 Å². The third kappa shape index (κ3) is 3.99. The number of carbonyl (C=O) groups excluding carboxylic acids is 1. The molecule has 1 spiro atoms. The first-order valence-corrected chi connectivity index (χ1v) is 9.06. The number of amides is 1. The van der Waals surface area contributed by atoms with Gasteiger partial charge in [-0.25, -0.2) is 8.78 Å². The van der Waals surface area contributed by atoms with E-state index in [9.17, 15) is 13.6 Å². The summed E-state index contributed by atoms with van der Waals surface area (Å²) in [6, 6.07) is 9.06. The highest BCUT2D eigenvalue weighted by molar-refractivity contribution is 5.95. The second-order valence-corrected chi connectivity index (χ2v) is 7.21. The van der Waals surface area contributed by atoms with Gasteiger partial charge in [0.2, 0.25) is 0 Å². The van der Waals surface area contributed by atoms with Crippen LogP contribution in [0.5, 0.6) is 0 Å². The average Bonchev–Trinajstić information content (AvgIpc) is 2.67. The summed E-state index contributed by atoms with van der Waals surface area (Å²) in [5.41, 5.74) is 1.03. The Morgan fingerprint density at radius 2 is 1.85 bits per heavy atom. The lowest BCUT2D eigenvalue weighted by molar-refractivity contribution is -0.146. The normalized spacial score (nSPS) is 23.8. The van der Waals surface area contributed by atoms with E-state index in [0.29, 0.717) is 25.3 Å². The summed E-state index contributed by atoms with van der Waals surface area (Å²) in [5, 5.41) is 0. The van der Waals surface area contributed by atoms with Gasteiger partial charge in [0.1, 0.15) is 18.2 Å². The van der Waals surface area contributed by atoms with Crippen molar-refractivity contribution in [3.05, 3.63) is 59.9 Å². The van der Waals surface area contributed by atoms with E-state index >= 15 is 0 Å². The number of hydrogen-bond acceptors (Lipinski definition) is 4. The highest BCUT2D eigenvalue weighted by atomic mass is 19.1. The van der Waals surface area contributed by atoms with Crippen molar-refractivity contribution in [1.82, 2.24) is 9.88 Å². The molecule has 1 aromatic carbocycles. The number of benzene rings is 1. The zero-order valence-electron chi connectivity index (χ0n) is 14.9. The van der Waals surface area contributed by atoms with Gasteiger partial charge in [0, 0.05) is 18.8 Å². The minimum atomic E-state index is -0.458. The van der Waals surface area contributed by atoms with Crippen molar-refractivity contribution >= 4 is 11.6 Å². The molecular formula is C20H21F2N3O2. The largest absolute Gasteiger partial charge is 0.362 e. The van der Waals surface area contributed by atoms with Crippen molar-refractivity contribution < 1.29 is 18.3 Å². The molecule has 2 fully saturated rings. The van der Waals surface area contributed by atoms with Crippen molar-refractivity contribution in [2.45, 2.75) is 25.0 Å². The van der Waals surface area contributed by atoms with Gasteiger partial charge in [0.25, 0.3) is 5.91 Å². The monoisotopic (exact) mass is 373 g/mol. The summed E-state index contributed by atoms with van der Waals surface area (Å²) in [5.74, 6) is -0.799. The predicted molar refractivity (Wildman–Crippen MR) is 96.1 cm³/mol. The number of carbonyl (C=O) groups is 1. The van der Waals surface area contributed by atoms with Crippen LogP contribution in [0.25, 0.3) is 0 Å². The van der Waals surface area contributed by atoms with Crippen LogP contribution in [-0.2, 0) is 16.1 Å². The lowest BCUT2D eigenvalue weighted by atomic mass is 9.90. The van der Waals surface area contributed by atoms with Crippen LogP contribution in [0.1, 0.15) is 18.5 Å². The topological polar surface area (TPSA) is 45.7 Å². The number of nitrogens with zero attached hydrogens (tertiary/aromatic N) is 3. The number of anilines is 1. The fraction of sp³-hybridized carbons (Fsp3) is 0.400. The lowest BCUT2D eigenvalue weighted by Gasteiger charge is -2.47. The van der Waals surface area contributed by atoms with Gasteiger partial charge in [-0.3, -0.25) is 14.7 Å². The van der Waals surface area contributed by atoms with Gasteiger partial charge in [-0.15, -0.1) is 0 Å².